The van der Waals surface area contributed by atoms with E-state index in [4.69, 9.17) is 33.7 Å². The highest BCUT2D eigenvalue weighted by Gasteiger charge is 2.29. The average Bonchev–Trinajstić information content (AvgIpc) is 3.14. The number of halogens is 2. The van der Waals surface area contributed by atoms with Crippen molar-refractivity contribution in [2.24, 2.45) is 11.7 Å². The molecule has 0 spiro atoms. The van der Waals surface area contributed by atoms with Gasteiger partial charge in [0.2, 0.25) is 0 Å². The van der Waals surface area contributed by atoms with E-state index in [1.165, 1.54) is 13.8 Å². The number of nitrogens with two attached hydrogens (primary N) is 1. The molecule has 1 unspecified atom stereocenters. The number of ether oxygens (including phenoxy) is 1. The average molecular weight is 506 g/mol. The first kappa shape index (κ1) is 25.7. The molecule has 0 aliphatic heterocycles. The minimum absolute atomic E-state index is 0.143. The molecular formula is C25H29Cl2N3O4. The van der Waals surface area contributed by atoms with Crippen molar-refractivity contribution in [2.45, 2.75) is 39.3 Å². The number of nitrogens with zero attached hydrogens (tertiary/aromatic N) is 2. The number of carbonyl (C=O) groups is 2. The number of hydrogen-bond acceptors (Lipinski definition) is 3. The van der Waals surface area contributed by atoms with Gasteiger partial charge in [-0.05, 0) is 68.1 Å². The predicted molar refractivity (Wildman–Crippen MR) is 135 cm³/mol. The van der Waals surface area contributed by atoms with E-state index >= 15 is 0 Å². The number of benzene rings is 2. The van der Waals surface area contributed by atoms with Crippen LogP contribution in [0.1, 0.15) is 26.3 Å². The van der Waals surface area contributed by atoms with Gasteiger partial charge in [0.05, 0.1) is 0 Å². The summed E-state index contributed by atoms with van der Waals surface area (Å²) in [5, 5.41) is 11.4. The summed E-state index contributed by atoms with van der Waals surface area (Å²) in [6.07, 6.45) is 2.62. The van der Waals surface area contributed by atoms with Gasteiger partial charge in [0.15, 0.2) is 5.60 Å². The molecule has 3 N–H and O–H groups in total. The molecule has 0 fully saturated rings. The number of aromatic nitrogens is 1. The Bertz CT molecular complexity index is 1190. The van der Waals surface area contributed by atoms with E-state index in [0.29, 0.717) is 41.8 Å². The first-order chi connectivity index (χ1) is 16.0. The summed E-state index contributed by atoms with van der Waals surface area (Å²) in [4.78, 5) is 25.0. The van der Waals surface area contributed by atoms with Gasteiger partial charge in [-0.2, -0.15) is 0 Å². The van der Waals surface area contributed by atoms with Gasteiger partial charge in [-0.1, -0.05) is 36.2 Å². The van der Waals surface area contributed by atoms with Crippen LogP contribution in [-0.2, 0) is 17.8 Å². The van der Waals surface area contributed by atoms with Crippen LogP contribution in [0.3, 0.4) is 0 Å². The van der Waals surface area contributed by atoms with E-state index < -0.39 is 17.6 Å². The summed E-state index contributed by atoms with van der Waals surface area (Å²) in [5.41, 5.74) is 6.25. The van der Waals surface area contributed by atoms with Gasteiger partial charge in [0.25, 0.3) is 0 Å². The van der Waals surface area contributed by atoms with Crippen LogP contribution in [0.5, 0.6) is 5.75 Å². The van der Waals surface area contributed by atoms with Gasteiger partial charge < -0.3 is 25.0 Å². The molecule has 182 valence electrons. The van der Waals surface area contributed by atoms with E-state index in [9.17, 15) is 14.7 Å². The van der Waals surface area contributed by atoms with E-state index in [-0.39, 0.29) is 5.92 Å². The SMILES string of the molecule is CC(Cc1ccc(Cl)cc1Cl)CN(CCn1ccc2cc(OC(C)(C)C(=O)O)ccc21)C(N)=O. The molecule has 1 aromatic heterocycles. The minimum Gasteiger partial charge on any atom is -0.478 e. The molecule has 2 amide bonds. The van der Waals surface area contributed by atoms with E-state index in [1.807, 2.05) is 35.9 Å². The molecule has 3 aromatic rings. The Balaban J connectivity index is 1.65. The zero-order valence-electron chi connectivity index (χ0n) is 19.4. The van der Waals surface area contributed by atoms with Crippen LogP contribution in [0.4, 0.5) is 4.79 Å². The van der Waals surface area contributed by atoms with Crippen LogP contribution in [-0.4, -0.2) is 45.3 Å². The minimum atomic E-state index is -1.33. The maximum Gasteiger partial charge on any atom is 0.347 e. The maximum atomic E-state index is 12.1. The van der Waals surface area contributed by atoms with Crippen LogP contribution in [0.25, 0.3) is 10.9 Å². The lowest BCUT2D eigenvalue weighted by atomic mass is 10.0. The van der Waals surface area contributed by atoms with Gasteiger partial charge >= 0.3 is 12.0 Å². The number of carbonyl (C=O) groups excluding carboxylic acids is 1. The van der Waals surface area contributed by atoms with Crippen molar-refractivity contribution in [3.63, 3.8) is 0 Å². The number of fused-ring (bicyclic) bond motifs is 1. The molecule has 0 radical (unpaired) electrons. The number of rotatable bonds is 10. The monoisotopic (exact) mass is 505 g/mol. The fourth-order valence-corrected chi connectivity index (χ4v) is 4.28. The predicted octanol–water partition coefficient (Wildman–Crippen LogP) is 5.45. The summed E-state index contributed by atoms with van der Waals surface area (Å²) < 4.78 is 7.65. The van der Waals surface area contributed by atoms with E-state index in [0.717, 1.165) is 16.5 Å². The summed E-state index contributed by atoms with van der Waals surface area (Å²) >= 11 is 12.3. The van der Waals surface area contributed by atoms with Crippen LogP contribution >= 0.6 is 23.2 Å². The molecule has 0 aliphatic rings. The third-order valence-electron chi connectivity index (χ3n) is 5.67. The first-order valence-electron chi connectivity index (χ1n) is 11.0. The molecule has 0 bridgehead atoms. The van der Waals surface area contributed by atoms with Crippen molar-refractivity contribution < 1.29 is 19.4 Å². The fourth-order valence-electron chi connectivity index (χ4n) is 3.80. The van der Waals surface area contributed by atoms with Crippen molar-refractivity contribution in [1.82, 2.24) is 9.47 Å². The van der Waals surface area contributed by atoms with E-state index in [1.54, 1.807) is 29.2 Å². The molecule has 0 aliphatic carbocycles. The second kappa shape index (κ2) is 10.6. The first-order valence-corrected chi connectivity index (χ1v) is 11.7. The molecule has 2 aromatic carbocycles. The van der Waals surface area contributed by atoms with Crippen molar-refractivity contribution in [1.29, 1.82) is 0 Å². The summed E-state index contributed by atoms with van der Waals surface area (Å²) in [7, 11) is 0. The molecule has 34 heavy (non-hydrogen) atoms. The highest BCUT2D eigenvalue weighted by molar-refractivity contribution is 6.35. The van der Waals surface area contributed by atoms with Crippen LogP contribution in [0.2, 0.25) is 10.0 Å². The quantitative estimate of drug-likeness (QED) is 0.382. The summed E-state index contributed by atoms with van der Waals surface area (Å²) in [6.45, 7) is 6.56. The third-order valence-corrected chi connectivity index (χ3v) is 6.26. The highest BCUT2D eigenvalue weighted by atomic mass is 35.5. The topological polar surface area (TPSA) is 97.8 Å². The standard InChI is InChI=1S/C25H29Cl2N3O4/c1-16(12-17-4-5-19(26)14-21(17)27)15-30(24(28)33)11-10-29-9-8-18-13-20(6-7-22(18)29)34-25(2,3)23(31)32/h4-9,13-14,16H,10-12,15H2,1-3H3,(H2,28,33)(H,31,32). The van der Waals surface area contributed by atoms with Crippen LogP contribution in [0, 0.1) is 5.92 Å². The van der Waals surface area contributed by atoms with E-state index in [2.05, 4.69) is 0 Å². The van der Waals surface area contributed by atoms with Crippen LogP contribution in [0.15, 0.2) is 48.7 Å². The van der Waals surface area contributed by atoms with Gasteiger partial charge in [-0.25, -0.2) is 9.59 Å². The number of urea groups is 1. The normalized spacial score (nSPS) is 12.5. The van der Waals surface area contributed by atoms with Gasteiger partial charge in [-0.3, -0.25) is 0 Å². The van der Waals surface area contributed by atoms with Gasteiger partial charge in [0.1, 0.15) is 5.75 Å². The summed E-state index contributed by atoms with van der Waals surface area (Å²) in [5.74, 6) is -0.416. The van der Waals surface area contributed by atoms with Crippen molar-refractivity contribution in [3.05, 3.63) is 64.3 Å². The summed E-state index contributed by atoms with van der Waals surface area (Å²) in [6, 6.07) is 12.3. The number of amides is 2. The molecule has 1 atom stereocenters. The number of primary amides is 1. The molecule has 3 rings (SSSR count). The largest absolute Gasteiger partial charge is 0.478 e. The lowest BCUT2D eigenvalue weighted by molar-refractivity contribution is -0.152. The fraction of sp³-hybridized carbons (Fsp3) is 0.360. The van der Waals surface area contributed by atoms with Crippen molar-refractivity contribution in [3.8, 4) is 5.75 Å². The second-order valence-electron chi connectivity index (χ2n) is 8.98. The Hall–Kier alpha value is -2.90. The zero-order valence-corrected chi connectivity index (χ0v) is 20.9. The third kappa shape index (κ3) is 6.36. The second-order valence-corrected chi connectivity index (χ2v) is 9.82. The Kier molecular flexibility index (Phi) is 8.00. The Morgan fingerprint density at radius 1 is 1.18 bits per heavy atom. The Morgan fingerprint density at radius 3 is 2.56 bits per heavy atom. The maximum absolute atomic E-state index is 12.1. The van der Waals surface area contributed by atoms with Crippen molar-refractivity contribution >= 4 is 46.1 Å². The Morgan fingerprint density at radius 2 is 1.91 bits per heavy atom. The molecular weight excluding hydrogens is 477 g/mol. The highest BCUT2D eigenvalue weighted by Crippen LogP contribution is 2.26. The molecule has 0 saturated heterocycles. The molecule has 7 nitrogen and oxygen atoms in total. The molecule has 9 heteroatoms. The Labute approximate surface area is 209 Å². The van der Waals surface area contributed by atoms with Gasteiger partial charge in [0, 0.05) is 46.8 Å². The van der Waals surface area contributed by atoms with Gasteiger partial charge in [-0.15, -0.1) is 0 Å². The lowest BCUT2D eigenvalue weighted by Gasteiger charge is -2.25. The zero-order chi connectivity index (χ0) is 25.0. The lowest BCUT2D eigenvalue weighted by Crippen LogP contribution is -2.41. The number of carboxylic acid groups (broad SMARTS) is 1. The van der Waals surface area contributed by atoms with Crippen molar-refractivity contribution in [2.75, 3.05) is 13.1 Å². The number of carboxylic acids is 1. The smallest absolute Gasteiger partial charge is 0.347 e. The molecule has 1 heterocycles. The van der Waals surface area contributed by atoms with Crippen LogP contribution < -0.4 is 10.5 Å². The number of hydrogen-bond donors (Lipinski definition) is 2. The number of aliphatic carboxylic acids is 1. The molecule has 0 saturated carbocycles.